The Balaban J connectivity index is 3.64. The molecule has 0 saturated carbocycles. The monoisotopic (exact) mass is 127 g/mol. The van der Waals surface area contributed by atoms with Gasteiger partial charge >= 0.3 is 5.97 Å². The summed E-state index contributed by atoms with van der Waals surface area (Å²) in [7, 11) is 0. The SMILES string of the molecule is CC=CC(=O)ON=C=O. The van der Waals surface area contributed by atoms with Crippen molar-refractivity contribution in [2.45, 2.75) is 6.92 Å². The van der Waals surface area contributed by atoms with Gasteiger partial charge in [0.15, 0.2) is 0 Å². The summed E-state index contributed by atoms with van der Waals surface area (Å²) in [5.74, 6) is -0.680. The van der Waals surface area contributed by atoms with Gasteiger partial charge in [-0.3, -0.25) is 0 Å². The second kappa shape index (κ2) is 4.74. The number of hydrogen-bond acceptors (Lipinski definition) is 4. The number of carbonyl (C=O) groups is 1. The molecule has 0 unspecified atom stereocenters. The molecule has 0 aromatic carbocycles. The normalized spacial score (nSPS) is 8.56. The zero-order valence-electron chi connectivity index (χ0n) is 4.83. The molecule has 0 bridgehead atoms. The molecule has 0 radical (unpaired) electrons. The first kappa shape index (κ1) is 7.59. The van der Waals surface area contributed by atoms with E-state index in [-0.39, 0.29) is 0 Å². The third-order valence-electron chi connectivity index (χ3n) is 0.476. The molecule has 0 saturated heterocycles. The van der Waals surface area contributed by atoms with Gasteiger partial charge in [-0.15, -0.1) is 0 Å². The molecule has 0 heterocycles. The van der Waals surface area contributed by atoms with Gasteiger partial charge in [0.05, 0.1) is 0 Å². The molecule has 48 valence electrons. The molecule has 0 atom stereocenters. The highest BCUT2D eigenvalue weighted by atomic mass is 16.7. The molecular formula is C5H5NO3. The van der Waals surface area contributed by atoms with E-state index < -0.39 is 5.97 Å². The van der Waals surface area contributed by atoms with Crippen LogP contribution in [0.25, 0.3) is 0 Å². The van der Waals surface area contributed by atoms with Gasteiger partial charge < -0.3 is 4.84 Å². The van der Waals surface area contributed by atoms with E-state index in [1.807, 2.05) is 0 Å². The minimum absolute atomic E-state index is 0.680. The fourth-order valence-corrected chi connectivity index (χ4v) is 0.230. The van der Waals surface area contributed by atoms with Crippen molar-refractivity contribution in [2.75, 3.05) is 0 Å². The van der Waals surface area contributed by atoms with E-state index in [1.165, 1.54) is 6.08 Å². The Bertz CT molecular complexity index is 167. The highest BCUT2D eigenvalue weighted by molar-refractivity contribution is 5.81. The Morgan fingerprint density at radius 3 is 2.89 bits per heavy atom. The molecule has 0 spiro atoms. The number of allylic oxidation sites excluding steroid dienone is 1. The van der Waals surface area contributed by atoms with E-state index in [0.29, 0.717) is 0 Å². The standard InChI is InChI=1S/C5H5NO3/c1-2-3-5(8)9-6-4-7/h2-3H,1H3. The lowest BCUT2D eigenvalue weighted by Gasteiger charge is -1.82. The maximum atomic E-state index is 10.2. The number of hydrogen-bond donors (Lipinski definition) is 0. The topological polar surface area (TPSA) is 55.7 Å². The van der Waals surface area contributed by atoms with Gasteiger partial charge in [0.2, 0.25) is 0 Å². The lowest BCUT2D eigenvalue weighted by atomic mass is 10.5. The lowest BCUT2D eigenvalue weighted by Crippen LogP contribution is -1.92. The van der Waals surface area contributed by atoms with E-state index in [1.54, 1.807) is 6.92 Å². The largest absolute Gasteiger partial charge is 0.359 e. The maximum Gasteiger partial charge on any atom is 0.359 e. The van der Waals surface area contributed by atoms with Crippen LogP contribution in [0, 0.1) is 0 Å². The summed E-state index contributed by atoms with van der Waals surface area (Å²) in [5, 5.41) is 2.58. The molecule has 0 aliphatic heterocycles. The predicted octanol–water partition coefficient (Wildman–Crippen LogP) is 0.357. The van der Waals surface area contributed by atoms with E-state index in [2.05, 4.69) is 9.99 Å². The van der Waals surface area contributed by atoms with Crippen LogP contribution in [-0.2, 0) is 14.4 Å². The fourth-order valence-electron chi connectivity index (χ4n) is 0.230. The summed E-state index contributed by atoms with van der Waals surface area (Å²) in [4.78, 5) is 23.4. The van der Waals surface area contributed by atoms with Crippen molar-refractivity contribution < 1.29 is 14.4 Å². The maximum absolute atomic E-state index is 10.2. The molecule has 9 heavy (non-hydrogen) atoms. The summed E-state index contributed by atoms with van der Waals surface area (Å²) in [6.45, 7) is 1.64. The van der Waals surface area contributed by atoms with Crippen LogP contribution in [0.2, 0.25) is 0 Å². The van der Waals surface area contributed by atoms with Crippen LogP contribution in [0.4, 0.5) is 0 Å². The average Bonchev–Trinajstić information content (AvgIpc) is 1.85. The molecule has 0 amide bonds. The van der Waals surface area contributed by atoms with Crippen LogP contribution in [0.1, 0.15) is 6.92 Å². The van der Waals surface area contributed by atoms with Gasteiger partial charge in [-0.2, -0.15) is 0 Å². The Labute approximate surface area is 51.8 Å². The van der Waals surface area contributed by atoms with Crippen LogP contribution in [0.5, 0.6) is 0 Å². The smallest absolute Gasteiger partial charge is 0.302 e. The number of rotatable bonds is 2. The molecule has 4 nitrogen and oxygen atoms in total. The molecule has 0 fully saturated rings. The highest BCUT2D eigenvalue weighted by Gasteiger charge is 1.90. The van der Waals surface area contributed by atoms with Crippen molar-refractivity contribution in [2.24, 2.45) is 5.16 Å². The Hall–Kier alpha value is -1.41. The minimum Gasteiger partial charge on any atom is -0.302 e. The van der Waals surface area contributed by atoms with Gasteiger partial charge in [0, 0.05) is 11.2 Å². The summed E-state index contributed by atoms with van der Waals surface area (Å²) in [6, 6.07) is 0. The molecule has 0 aliphatic rings. The molecule has 0 aromatic heterocycles. The molecule has 0 aromatic rings. The minimum atomic E-state index is -0.680. The third-order valence-corrected chi connectivity index (χ3v) is 0.476. The molecule has 4 heteroatoms. The summed E-state index contributed by atoms with van der Waals surface area (Å²) < 4.78 is 0. The molecule has 0 rings (SSSR count). The Morgan fingerprint density at radius 1 is 1.78 bits per heavy atom. The van der Waals surface area contributed by atoms with Gasteiger partial charge in [-0.05, 0) is 6.92 Å². The predicted molar refractivity (Wildman–Crippen MR) is 29.0 cm³/mol. The van der Waals surface area contributed by atoms with Crippen LogP contribution in [0.15, 0.2) is 17.3 Å². The van der Waals surface area contributed by atoms with Gasteiger partial charge in [0.25, 0.3) is 6.08 Å². The first-order valence-electron chi connectivity index (χ1n) is 2.22. The van der Waals surface area contributed by atoms with Crippen molar-refractivity contribution in [1.29, 1.82) is 0 Å². The fraction of sp³-hybridized carbons (Fsp3) is 0.200. The number of nitrogens with zero attached hydrogens (tertiary/aromatic N) is 1. The Kier molecular flexibility index (Phi) is 4.00. The summed E-state index contributed by atoms with van der Waals surface area (Å²) >= 11 is 0. The van der Waals surface area contributed by atoms with Crippen LogP contribution in [-0.4, -0.2) is 12.0 Å². The van der Waals surface area contributed by atoms with Crippen molar-refractivity contribution in [3.8, 4) is 0 Å². The van der Waals surface area contributed by atoms with E-state index in [4.69, 9.17) is 0 Å². The Morgan fingerprint density at radius 2 is 2.44 bits per heavy atom. The quantitative estimate of drug-likeness (QED) is 0.177. The van der Waals surface area contributed by atoms with Gasteiger partial charge in [-0.25, -0.2) is 9.59 Å². The zero-order valence-corrected chi connectivity index (χ0v) is 4.83. The zero-order chi connectivity index (χ0) is 7.11. The molecular weight excluding hydrogens is 122 g/mol. The van der Waals surface area contributed by atoms with E-state index in [0.717, 1.165) is 12.2 Å². The van der Waals surface area contributed by atoms with Gasteiger partial charge in [0.1, 0.15) is 0 Å². The third kappa shape index (κ3) is 4.44. The number of isocyanates is 1. The second-order valence-electron chi connectivity index (χ2n) is 1.09. The van der Waals surface area contributed by atoms with Crippen LogP contribution in [0.3, 0.4) is 0 Å². The second-order valence-corrected chi connectivity index (χ2v) is 1.09. The van der Waals surface area contributed by atoms with E-state index >= 15 is 0 Å². The van der Waals surface area contributed by atoms with E-state index in [9.17, 15) is 9.59 Å². The summed E-state index contributed by atoms with van der Waals surface area (Å²) in [5.41, 5.74) is 0. The van der Waals surface area contributed by atoms with Crippen molar-refractivity contribution in [3.05, 3.63) is 12.2 Å². The summed E-state index contributed by atoms with van der Waals surface area (Å²) in [6.07, 6.45) is 3.67. The van der Waals surface area contributed by atoms with Crippen LogP contribution < -0.4 is 0 Å². The average molecular weight is 127 g/mol. The first-order chi connectivity index (χ1) is 4.31. The number of carbonyl (C=O) groups excluding carboxylic acids is 2. The van der Waals surface area contributed by atoms with Crippen molar-refractivity contribution in [1.82, 2.24) is 0 Å². The van der Waals surface area contributed by atoms with Crippen LogP contribution >= 0.6 is 0 Å². The lowest BCUT2D eigenvalue weighted by molar-refractivity contribution is -0.137. The molecule has 0 N–H and O–H groups in total. The van der Waals surface area contributed by atoms with Gasteiger partial charge in [-0.1, -0.05) is 6.08 Å². The first-order valence-corrected chi connectivity index (χ1v) is 2.22. The highest BCUT2D eigenvalue weighted by Crippen LogP contribution is 1.78. The van der Waals surface area contributed by atoms with Crippen molar-refractivity contribution >= 4 is 12.0 Å². The van der Waals surface area contributed by atoms with Crippen molar-refractivity contribution in [3.63, 3.8) is 0 Å². The molecule has 0 aliphatic carbocycles.